The van der Waals surface area contributed by atoms with Gasteiger partial charge in [0, 0.05) is 15.8 Å². The summed E-state index contributed by atoms with van der Waals surface area (Å²) in [5, 5.41) is 2.33. The van der Waals surface area contributed by atoms with E-state index in [9.17, 15) is 14.4 Å². The molecule has 1 saturated carbocycles. The topological polar surface area (TPSA) is 66.5 Å². The van der Waals surface area contributed by atoms with E-state index in [0.717, 1.165) is 41.0 Å². The van der Waals surface area contributed by atoms with Crippen molar-refractivity contribution in [2.75, 3.05) is 0 Å². The fourth-order valence-electron chi connectivity index (χ4n) is 3.63. The zero-order valence-electron chi connectivity index (χ0n) is 15.3. The average molecular weight is 392 g/mol. The van der Waals surface area contributed by atoms with Crippen molar-refractivity contribution in [3.05, 3.63) is 65.7 Å². The molecular formula is C22H20N2O3S. The first-order valence-corrected chi connectivity index (χ1v) is 10.2. The number of rotatable bonds is 4. The first-order valence-electron chi connectivity index (χ1n) is 9.36. The van der Waals surface area contributed by atoms with Gasteiger partial charge in [0.2, 0.25) is 0 Å². The fourth-order valence-corrected chi connectivity index (χ4v) is 4.57. The van der Waals surface area contributed by atoms with Gasteiger partial charge in [-0.1, -0.05) is 61.0 Å². The molecule has 0 bridgehead atoms. The summed E-state index contributed by atoms with van der Waals surface area (Å²) < 4.78 is 0. The molecule has 0 unspecified atom stereocenters. The summed E-state index contributed by atoms with van der Waals surface area (Å²) in [6.45, 7) is 0. The molecule has 28 heavy (non-hydrogen) atoms. The number of barbiturate groups is 1. The number of carbonyl (C=O) groups excluding carboxylic acids is 3. The molecule has 2 aromatic carbocycles. The lowest BCUT2D eigenvalue weighted by Crippen LogP contribution is -2.57. The molecule has 5 nitrogen and oxygen atoms in total. The minimum atomic E-state index is -0.635. The highest BCUT2D eigenvalue weighted by Crippen LogP contribution is 2.32. The van der Waals surface area contributed by atoms with Crippen LogP contribution < -0.4 is 5.32 Å². The second kappa shape index (κ2) is 8.02. The van der Waals surface area contributed by atoms with Gasteiger partial charge in [-0.25, -0.2) is 4.79 Å². The maximum atomic E-state index is 13.0. The predicted octanol–water partition coefficient (Wildman–Crippen LogP) is 4.24. The summed E-state index contributed by atoms with van der Waals surface area (Å²) >= 11 is 1.56. The van der Waals surface area contributed by atoms with Gasteiger partial charge >= 0.3 is 6.03 Å². The number of carbonyl (C=O) groups is 3. The fraction of sp³-hybridized carbons (Fsp3) is 0.227. The van der Waals surface area contributed by atoms with E-state index in [1.54, 1.807) is 17.8 Å². The van der Waals surface area contributed by atoms with E-state index in [0.29, 0.717) is 0 Å². The van der Waals surface area contributed by atoms with Gasteiger partial charge in [-0.3, -0.25) is 19.8 Å². The van der Waals surface area contributed by atoms with Gasteiger partial charge in [-0.05, 0) is 42.7 Å². The van der Waals surface area contributed by atoms with Gasteiger partial charge in [0.1, 0.15) is 5.57 Å². The Morgan fingerprint density at radius 2 is 1.61 bits per heavy atom. The molecule has 0 radical (unpaired) electrons. The molecule has 142 valence electrons. The zero-order valence-corrected chi connectivity index (χ0v) is 16.1. The number of hydrogen-bond acceptors (Lipinski definition) is 4. The van der Waals surface area contributed by atoms with Crippen LogP contribution in [0.2, 0.25) is 0 Å². The van der Waals surface area contributed by atoms with E-state index < -0.39 is 17.8 Å². The number of urea groups is 1. The predicted molar refractivity (Wildman–Crippen MR) is 108 cm³/mol. The second-order valence-electron chi connectivity index (χ2n) is 6.88. The van der Waals surface area contributed by atoms with Crippen molar-refractivity contribution in [2.24, 2.45) is 0 Å². The highest BCUT2D eigenvalue weighted by Gasteiger charge is 2.40. The van der Waals surface area contributed by atoms with Crippen molar-refractivity contribution >= 4 is 35.7 Å². The molecule has 0 atom stereocenters. The molecule has 1 N–H and O–H groups in total. The van der Waals surface area contributed by atoms with E-state index in [2.05, 4.69) is 5.32 Å². The molecule has 1 aliphatic heterocycles. The molecule has 4 rings (SSSR count). The van der Waals surface area contributed by atoms with Gasteiger partial charge in [0.25, 0.3) is 11.8 Å². The van der Waals surface area contributed by atoms with Gasteiger partial charge < -0.3 is 0 Å². The summed E-state index contributed by atoms with van der Waals surface area (Å²) in [4.78, 5) is 40.9. The number of benzene rings is 2. The summed E-state index contributed by atoms with van der Waals surface area (Å²) in [5.74, 6) is -1.14. The van der Waals surface area contributed by atoms with Crippen LogP contribution in [0.4, 0.5) is 4.79 Å². The lowest BCUT2D eigenvalue weighted by atomic mass is 10.1. The summed E-state index contributed by atoms with van der Waals surface area (Å²) in [6.07, 6.45) is 5.16. The van der Waals surface area contributed by atoms with Crippen molar-refractivity contribution < 1.29 is 14.4 Å². The number of imide groups is 2. The molecule has 0 spiro atoms. The lowest BCUT2D eigenvalue weighted by molar-refractivity contribution is -0.131. The van der Waals surface area contributed by atoms with E-state index in [4.69, 9.17) is 0 Å². The number of hydrogen-bond donors (Lipinski definition) is 1. The Morgan fingerprint density at radius 1 is 0.929 bits per heavy atom. The first-order chi connectivity index (χ1) is 13.6. The Hall–Kier alpha value is -2.86. The quantitative estimate of drug-likeness (QED) is 0.624. The van der Waals surface area contributed by atoms with E-state index in [-0.39, 0.29) is 11.6 Å². The summed E-state index contributed by atoms with van der Waals surface area (Å²) in [7, 11) is 0. The highest BCUT2D eigenvalue weighted by molar-refractivity contribution is 7.99. The smallest absolute Gasteiger partial charge is 0.273 e. The van der Waals surface area contributed by atoms with Gasteiger partial charge in [0.05, 0.1) is 0 Å². The van der Waals surface area contributed by atoms with E-state index in [1.165, 1.54) is 4.90 Å². The van der Waals surface area contributed by atoms with Gasteiger partial charge in [-0.15, -0.1) is 0 Å². The number of nitrogens with one attached hydrogen (secondary N) is 1. The van der Waals surface area contributed by atoms with Crippen molar-refractivity contribution in [2.45, 2.75) is 41.5 Å². The standard InChI is InChI=1S/C22H20N2O3S/c25-20-18(21(26)24(22(27)23-20)16-9-5-6-10-16)14-15-8-4-7-13-19(15)28-17-11-2-1-3-12-17/h1-4,7-8,11-14,16H,5-6,9-10H2,(H,23,25,27)/b18-14-. The van der Waals surface area contributed by atoms with Crippen molar-refractivity contribution in [1.82, 2.24) is 10.2 Å². The van der Waals surface area contributed by atoms with Crippen LogP contribution in [-0.4, -0.2) is 28.8 Å². The average Bonchev–Trinajstić information content (AvgIpc) is 3.21. The van der Waals surface area contributed by atoms with E-state index >= 15 is 0 Å². The molecule has 2 fully saturated rings. The van der Waals surface area contributed by atoms with Crippen LogP contribution >= 0.6 is 11.8 Å². The van der Waals surface area contributed by atoms with Gasteiger partial charge in [0.15, 0.2) is 0 Å². The minimum Gasteiger partial charge on any atom is -0.273 e. The second-order valence-corrected chi connectivity index (χ2v) is 8.00. The Labute approximate surface area is 167 Å². The molecular weight excluding hydrogens is 372 g/mol. The third-order valence-corrected chi connectivity index (χ3v) is 6.11. The molecule has 2 aromatic rings. The van der Waals surface area contributed by atoms with E-state index in [1.807, 2.05) is 54.6 Å². The Morgan fingerprint density at radius 3 is 2.36 bits per heavy atom. The Bertz CT molecular complexity index is 949. The zero-order chi connectivity index (χ0) is 19.5. The molecule has 2 aliphatic rings. The molecule has 1 heterocycles. The number of amides is 4. The maximum Gasteiger partial charge on any atom is 0.331 e. The van der Waals surface area contributed by atoms with Crippen LogP contribution in [-0.2, 0) is 9.59 Å². The van der Waals surface area contributed by atoms with Crippen LogP contribution in [0.25, 0.3) is 6.08 Å². The van der Waals surface area contributed by atoms with Gasteiger partial charge in [-0.2, -0.15) is 0 Å². The largest absolute Gasteiger partial charge is 0.331 e. The van der Waals surface area contributed by atoms with Crippen LogP contribution in [0, 0.1) is 0 Å². The van der Waals surface area contributed by atoms with Crippen molar-refractivity contribution in [3.63, 3.8) is 0 Å². The monoisotopic (exact) mass is 392 g/mol. The van der Waals surface area contributed by atoms with Crippen molar-refractivity contribution in [3.8, 4) is 0 Å². The third-order valence-electron chi connectivity index (χ3n) is 5.01. The van der Waals surface area contributed by atoms with Crippen molar-refractivity contribution in [1.29, 1.82) is 0 Å². The SMILES string of the molecule is O=C1NC(=O)N(C2CCCC2)C(=O)/C1=C\c1ccccc1Sc1ccccc1. The minimum absolute atomic E-state index is 0.00705. The lowest BCUT2D eigenvalue weighted by Gasteiger charge is -2.31. The summed E-state index contributed by atoms with van der Waals surface area (Å²) in [5.41, 5.74) is 0.781. The van der Waals surface area contributed by atoms with Crippen LogP contribution in [0.15, 0.2) is 70.0 Å². The third kappa shape index (κ3) is 3.73. The molecule has 6 heteroatoms. The Balaban J connectivity index is 1.66. The van der Waals surface area contributed by atoms with Crippen LogP contribution in [0.1, 0.15) is 31.2 Å². The van der Waals surface area contributed by atoms with Crippen LogP contribution in [0.3, 0.4) is 0 Å². The van der Waals surface area contributed by atoms with Crippen LogP contribution in [0.5, 0.6) is 0 Å². The maximum absolute atomic E-state index is 13.0. The molecule has 4 amide bonds. The summed E-state index contributed by atoms with van der Waals surface area (Å²) in [6, 6.07) is 16.8. The molecule has 1 saturated heterocycles. The normalized spacial score (nSPS) is 19.4. The highest BCUT2D eigenvalue weighted by atomic mass is 32.2. The molecule has 1 aliphatic carbocycles. The molecule has 0 aromatic heterocycles. The number of nitrogens with zero attached hydrogens (tertiary/aromatic N) is 1. The first kappa shape index (κ1) is 18.5. The Kier molecular flexibility index (Phi) is 5.30.